The number of benzene rings is 1. The second-order valence-corrected chi connectivity index (χ2v) is 9.84. The number of H-pyrrole nitrogens is 1. The fourth-order valence-electron chi connectivity index (χ4n) is 5.12. The van der Waals surface area contributed by atoms with Gasteiger partial charge in [0.2, 0.25) is 5.88 Å². The Kier molecular flexibility index (Phi) is 6.08. The summed E-state index contributed by atoms with van der Waals surface area (Å²) in [6, 6.07) is 12.8. The molecule has 0 saturated carbocycles. The van der Waals surface area contributed by atoms with Gasteiger partial charge < -0.3 is 19.9 Å². The summed E-state index contributed by atoms with van der Waals surface area (Å²) in [7, 11) is 0. The van der Waals surface area contributed by atoms with E-state index < -0.39 is 0 Å². The topological polar surface area (TPSA) is 79.0 Å². The second kappa shape index (κ2) is 9.66. The van der Waals surface area contributed by atoms with Gasteiger partial charge in [-0.2, -0.15) is 0 Å². The lowest BCUT2D eigenvalue weighted by atomic mass is 9.99. The van der Waals surface area contributed by atoms with Gasteiger partial charge in [-0.25, -0.2) is 9.97 Å². The van der Waals surface area contributed by atoms with E-state index in [1.807, 2.05) is 6.20 Å². The van der Waals surface area contributed by atoms with Crippen molar-refractivity contribution in [3.8, 4) is 28.4 Å². The number of pyridine rings is 1. The van der Waals surface area contributed by atoms with Crippen molar-refractivity contribution in [2.24, 2.45) is 5.92 Å². The van der Waals surface area contributed by atoms with Gasteiger partial charge in [-0.1, -0.05) is 19.1 Å². The van der Waals surface area contributed by atoms with E-state index in [0.29, 0.717) is 5.88 Å². The van der Waals surface area contributed by atoms with E-state index in [9.17, 15) is 0 Å². The summed E-state index contributed by atoms with van der Waals surface area (Å²) >= 11 is 0. The molecule has 0 aliphatic carbocycles. The highest BCUT2D eigenvalue weighted by atomic mass is 16.5. The number of hydrogen-bond acceptors (Lipinski definition) is 6. The molecule has 35 heavy (non-hydrogen) atoms. The van der Waals surface area contributed by atoms with E-state index in [2.05, 4.69) is 63.5 Å². The van der Waals surface area contributed by atoms with Gasteiger partial charge in [0.25, 0.3) is 0 Å². The van der Waals surface area contributed by atoms with Crippen LogP contribution in [0.5, 0.6) is 5.88 Å². The number of anilines is 1. The molecule has 1 atom stereocenters. The van der Waals surface area contributed by atoms with Gasteiger partial charge in [-0.05, 0) is 62.4 Å². The minimum absolute atomic E-state index is 0.143. The molecule has 2 fully saturated rings. The smallest absolute Gasteiger partial charge is 0.233 e. The third-order valence-corrected chi connectivity index (χ3v) is 7.25. The summed E-state index contributed by atoms with van der Waals surface area (Å²) in [6.07, 6.45) is 10.3. The van der Waals surface area contributed by atoms with Crippen molar-refractivity contribution in [1.29, 1.82) is 0 Å². The molecule has 2 aliphatic heterocycles. The summed E-state index contributed by atoms with van der Waals surface area (Å²) < 4.78 is 6.12. The molecule has 180 valence electrons. The largest absolute Gasteiger partial charge is 0.472 e. The van der Waals surface area contributed by atoms with Crippen molar-refractivity contribution in [3.63, 3.8) is 0 Å². The fourth-order valence-corrected chi connectivity index (χ4v) is 5.12. The Hall–Kier alpha value is -3.45. The van der Waals surface area contributed by atoms with E-state index in [1.54, 1.807) is 12.4 Å². The normalized spacial score (nSPS) is 19.2. The Morgan fingerprint density at radius 2 is 1.91 bits per heavy atom. The van der Waals surface area contributed by atoms with E-state index in [1.165, 1.54) is 12.8 Å². The fraction of sp³-hybridized carbons (Fsp3) is 0.393. The molecule has 0 unspecified atom stereocenters. The number of piperidine rings is 2. The Bertz CT molecular complexity index is 1300. The Balaban J connectivity index is 1.29. The maximum atomic E-state index is 6.12. The zero-order valence-electron chi connectivity index (χ0n) is 20.2. The van der Waals surface area contributed by atoms with Crippen molar-refractivity contribution in [2.45, 2.75) is 38.7 Å². The molecule has 6 rings (SSSR count). The summed E-state index contributed by atoms with van der Waals surface area (Å²) in [4.78, 5) is 20.0. The molecule has 1 aromatic carbocycles. The van der Waals surface area contributed by atoms with Crippen LogP contribution in [0.15, 0.2) is 55.0 Å². The number of aromatic amines is 1. The average molecular weight is 469 g/mol. The van der Waals surface area contributed by atoms with Crippen molar-refractivity contribution in [3.05, 3.63) is 55.0 Å². The van der Waals surface area contributed by atoms with Crippen LogP contribution >= 0.6 is 0 Å². The minimum atomic E-state index is 0.143. The molecule has 0 bridgehead atoms. The number of ether oxygens (including phenoxy) is 1. The molecule has 2 saturated heterocycles. The quantitative estimate of drug-likeness (QED) is 0.427. The number of nitrogens with zero attached hydrogens (tertiary/aromatic N) is 4. The molecule has 0 radical (unpaired) electrons. The second-order valence-electron chi connectivity index (χ2n) is 9.84. The summed E-state index contributed by atoms with van der Waals surface area (Å²) in [6.45, 7) is 6.40. The number of fused-ring (bicyclic) bond motifs is 1. The lowest BCUT2D eigenvalue weighted by Gasteiger charge is -2.31. The van der Waals surface area contributed by atoms with Crippen LogP contribution in [0.3, 0.4) is 0 Å². The number of rotatable bonds is 5. The van der Waals surface area contributed by atoms with Crippen molar-refractivity contribution >= 4 is 16.7 Å². The maximum absolute atomic E-state index is 6.12. The lowest BCUT2D eigenvalue weighted by Crippen LogP contribution is -2.37. The minimum Gasteiger partial charge on any atom is -0.472 e. The van der Waals surface area contributed by atoms with Gasteiger partial charge in [0.05, 0.1) is 23.8 Å². The van der Waals surface area contributed by atoms with Crippen molar-refractivity contribution < 1.29 is 4.74 Å². The zero-order chi connectivity index (χ0) is 23.6. The molecular formula is C28H32N6O. The van der Waals surface area contributed by atoms with E-state index in [0.717, 1.165) is 84.2 Å². The Morgan fingerprint density at radius 1 is 1.00 bits per heavy atom. The highest BCUT2D eigenvalue weighted by molar-refractivity contribution is 5.97. The van der Waals surface area contributed by atoms with Crippen molar-refractivity contribution in [1.82, 2.24) is 25.3 Å². The zero-order valence-corrected chi connectivity index (χ0v) is 20.2. The first kappa shape index (κ1) is 22.0. The molecule has 7 heteroatoms. The first-order valence-electron chi connectivity index (χ1n) is 12.8. The Morgan fingerprint density at radius 3 is 2.77 bits per heavy atom. The molecular weight excluding hydrogens is 436 g/mol. The molecule has 0 amide bonds. The van der Waals surface area contributed by atoms with Crippen LogP contribution in [-0.2, 0) is 0 Å². The van der Waals surface area contributed by atoms with E-state index in [-0.39, 0.29) is 6.10 Å². The van der Waals surface area contributed by atoms with Crippen LogP contribution in [0.25, 0.3) is 33.4 Å². The van der Waals surface area contributed by atoms with Gasteiger partial charge in [0, 0.05) is 47.9 Å². The standard InChI is InChI=1S/C28H32N6O/c1-19-9-12-34(13-10-19)27-6-2-5-24(32-27)20-7-8-25-22(14-20)23(16-31-25)26-17-30-18-28(33-26)35-21-4-3-11-29-15-21/h2,5-8,14,16-19,21,29,31H,3-4,9-13,15H2,1H3/t21-/m1/s1. The van der Waals surface area contributed by atoms with Crippen LogP contribution in [0.2, 0.25) is 0 Å². The third kappa shape index (κ3) is 4.73. The Labute approximate surface area is 206 Å². The van der Waals surface area contributed by atoms with Gasteiger partial charge in [0.1, 0.15) is 11.9 Å². The predicted octanol–water partition coefficient (Wildman–Crippen LogP) is 5.05. The third-order valence-electron chi connectivity index (χ3n) is 7.25. The maximum Gasteiger partial charge on any atom is 0.233 e. The van der Waals surface area contributed by atoms with Crippen LogP contribution in [0.4, 0.5) is 5.82 Å². The summed E-state index contributed by atoms with van der Waals surface area (Å²) in [5.74, 6) is 2.44. The van der Waals surface area contributed by atoms with E-state index in [4.69, 9.17) is 14.7 Å². The van der Waals surface area contributed by atoms with Crippen molar-refractivity contribution in [2.75, 3.05) is 31.1 Å². The van der Waals surface area contributed by atoms with Gasteiger partial charge in [0.15, 0.2) is 0 Å². The predicted molar refractivity (Wildman–Crippen MR) is 140 cm³/mol. The first-order valence-corrected chi connectivity index (χ1v) is 12.8. The van der Waals surface area contributed by atoms with E-state index >= 15 is 0 Å². The number of aromatic nitrogens is 4. The molecule has 3 aromatic heterocycles. The SMILES string of the molecule is CC1CCN(c2cccc(-c3ccc4[nH]cc(-c5cncc(O[C@@H]6CCCNC6)n5)c4c3)n2)CC1. The lowest BCUT2D eigenvalue weighted by molar-refractivity contribution is 0.160. The highest BCUT2D eigenvalue weighted by Gasteiger charge is 2.18. The number of hydrogen-bond donors (Lipinski definition) is 2. The molecule has 4 aromatic rings. The van der Waals surface area contributed by atoms with Gasteiger partial charge in [-0.15, -0.1) is 0 Å². The van der Waals surface area contributed by atoms with Gasteiger partial charge in [-0.3, -0.25) is 4.98 Å². The molecule has 5 heterocycles. The highest BCUT2D eigenvalue weighted by Crippen LogP contribution is 2.32. The molecule has 7 nitrogen and oxygen atoms in total. The number of nitrogens with one attached hydrogen (secondary N) is 2. The molecule has 2 aliphatic rings. The molecule has 2 N–H and O–H groups in total. The summed E-state index contributed by atoms with van der Waals surface area (Å²) in [5.41, 5.74) is 4.97. The van der Waals surface area contributed by atoms with Crippen LogP contribution in [0, 0.1) is 5.92 Å². The monoisotopic (exact) mass is 468 g/mol. The average Bonchev–Trinajstić information content (AvgIpc) is 3.33. The summed E-state index contributed by atoms with van der Waals surface area (Å²) in [5, 5.41) is 4.49. The molecule has 0 spiro atoms. The van der Waals surface area contributed by atoms with Crippen LogP contribution in [-0.4, -0.2) is 52.2 Å². The van der Waals surface area contributed by atoms with Crippen LogP contribution in [0.1, 0.15) is 32.6 Å². The van der Waals surface area contributed by atoms with Gasteiger partial charge >= 0.3 is 0 Å². The van der Waals surface area contributed by atoms with Crippen LogP contribution < -0.4 is 15.0 Å². The first-order chi connectivity index (χ1) is 17.2.